The summed E-state index contributed by atoms with van der Waals surface area (Å²) in [5, 5.41) is 0.469. The van der Waals surface area contributed by atoms with Crippen LogP contribution in [0, 0.1) is 6.92 Å². The first-order chi connectivity index (χ1) is 15.8. The molecule has 0 aliphatic carbocycles. The highest BCUT2D eigenvalue weighted by Gasteiger charge is 2.42. The third-order valence-electron chi connectivity index (χ3n) is 5.84. The van der Waals surface area contributed by atoms with Crippen molar-refractivity contribution in [2.75, 3.05) is 27.4 Å². The Kier molecular flexibility index (Phi) is 6.42. The van der Waals surface area contributed by atoms with E-state index in [1.54, 1.807) is 37.3 Å². The topological polar surface area (TPSA) is 78.2 Å². The highest BCUT2D eigenvalue weighted by atomic mass is 16.5. The highest BCUT2D eigenvalue weighted by Crippen LogP contribution is 2.41. The van der Waals surface area contributed by atoms with E-state index in [0.29, 0.717) is 47.6 Å². The number of carbonyl (C=O) groups is 1. The molecule has 1 amide bonds. The molecule has 1 aromatic heterocycles. The van der Waals surface area contributed by atoms with Crippen molar-refractivity contribution in [1.29, 1.82) is 0 Å². The molecule has 174 valence electrons. The van der Waals surface area contributed by atoms with Crippen LogP contribution in [-0.2, 0) is 4.74 Å². The lowest BCUT2D eigenvalue weighted by molar-refractivity contribution is 0.0593. The molecule has 2 heterocycles. The second kappa shape index (κ2) is 9.27. The zero-order chi connectivity index (χ0) is 23.7. The molecule has 1 aliphatic heterocycles. The Bertz CT molecular complexity index is 1250. The normalized spacial score (nSPS) is 15.4. The van der Waals surface area contributed by atoms with Gasteiger partial charge in [-0.25, -0.2) is 0 Å². The van der Waals surface area contributed by atoms with Crippen molar-refractivity contribution in [2.45, 2.75) is 39.3 Å². The zero-order valence-corrected chi connectivity index (χ0v) is 19.6. The smallest absolute Gasteiger partial charge is 0.290 e. The van der Waals surface area contributed by atoms with Crippen LogP contribution in [0.3, 0.4) is 0 Å². The van der Waals surface area contributed by atoms with Crippen LogP contribution in [0.25, 0.3) is 11.0 Å². The van der Waals surface area contributed by atoms with Crippen LogP contribution in [0.4, 0.5) is 0 Å². The summed E-state index contributed by atoms with van der Waals surface area (Å²) in [7, 11) is 3.12. The van der Waals surface area contributed by atoms with Gasteiger partial charge in [0, 0.05) is 13.2 Å². The van der Waals surface area contributed by atoms with E-state index in [-0.39, 0.29) is 23.2 Å². The van der Waals surface area contributed by atoms with E-state index in [1.807, 2.05) is 39.0 Å². The lowest BCUT2D eigenvalue weighted by atomic mass is 9.97. The average molecular weight is 452 g/mol. The second-order valence-electron chi connectivity index (χ2n) is 8.46. The summed E-state index contributed by atoms with van der Waals surface area (Å²) in [4.78, 5) is 28.8. The first kappa shape index (κ1) is 22.9. The van der Waals surface area contributed by atoms with Gasteiger partial charge in [0.05, 0.1) is 37.3 Å². The lowest BCUT2D eigenvalue weighted by Gasteiger charge is -2.26. The summed E-state index contributed by atoms with van der Waals surface area (Å²) >= 11 is 0. The molecule has 1 aliphatic rings. The molecule has 0 bridgehead atoms. The molecule has 0 unspecified atom stereocenters. The summed E-state index contributed by atoms with van der Waals surface area (Å²) in [6.45, 7) is 6.80. The van der Waals surface area contributed by atoms with Gasteiger partial charge in [-0.3, -0.25) is 9.59 Å². The quantitative estimate of drug-likeness (QED) is 0.470. The fourth-order valence-electron chi connectivity index (χ4n) is 4.29. The number of methoxy groups -OCH3 is 2. The Morgan fingerprint density at radius 2 is 1.79 bits per heavy atom. The molecule has 7 nitrogen and oxygen atoms in total. The molecule has 0 spiro atoms. The highest BCUT2D eigenvalue weighted by molar-refractivity contribution is 5.99. The summed E-state index contributed by atoms with van der Waals surface area (Å²) in [6.07, 6.45) is 0.740. The molecule has 0 N–H and O–H groups in total. The van der Waals surface area contributed by atoms with Gasteiger partial charge >= 0.3 is 0 Å². The lowest BCUT2D eigenvalue weighted by Crippen LogP contribution is -2.31. The monoisotopic (exact) mass is 451 g/mol. The third-order valence-corrected chi connectivity index (χ3v) is 5.84. The summed E-state index contributed by atoms with van der Waals surface area (Å²) in [6, 6.07) is 10.3. The van der Waals surface area contributed by atoms with Crippen molar-refractivity contribution in [1.82, 2.24) is 4.90 Å². The van der Waals surface area contributed by atoms with E-state index in [4.69, 9.17) is 18.6 Å². The molecule has 3 aromatic rings. The SMILES string of the molecule is COc1ccc([C@@H]2c3c(oc4ccc(C)cc4c3=O)C(=O)N2CCCOC(C)C)cc1OC. The van der Waals surface area contributed by atoms with Crippen molar-refractivity contribution < 1.29 is 23.4 Å². The minimum absolute atomic E-state index is 0.0981. The third kappa shape index (κ3) is 4.20. The van der Waals surface area contributed by atoms with E-state index in [0.717, 1.165) is 11.1 Å². The van der Waals surface area contributed by atoms with E-state index in [2.05, 4.69) is 0 Å². The molecule has 33 heavy (non-hydrogen) atoms. The molecular weight excluding hydrogens is 422 g/mol. The number of hydrogen-bond acceptors (Lipinski definition) is 6. The predicted molar refractivity (Wildman–Crippen MR) is 125 cm³/mol. The maximum Gasteiger partial charge on any atom is 0.290 e. The number of ether oxygens (including phenoxy) is 3. The van der Waals surface area contributed by atoms with Gasteiger partial charge < -0.3 is 23.5 Å². The molecule has 0 saturated heterocycles. The van der Waals surface area contributed by atoms with Crippen LogP contribution in [-0.4, -0.2) is 44.3 Å². The summed E-state index contributed by atoms with van der Waals surface area (Å²) in [5.41, 5.74) is 2.28. The first-order valence-electron chi connectivity index (χ1n) is 11.1. The molecule has 0 radical (unpaired) electrons. The predicted octanol–water partition coefficient (Wildman–Crippen LogP) is 4.48. The van der Waals surface area contributed by atoms with Crippen LogP contribution >= 0.6 is 0 Å². The number of fused-ring (bicyclic) bond motifs is 2. The van der Waals surface area contributed by atoms with Crippen molar-refractivity contribution in [2.24, 2.45) is 0 Å². The van der Waals surface area contributed by atoms with Gasteiger partial charge in [0.25, 0.3) is 5.91 Å². The van der Waals surface area contributed by atoms with Crippen LogP contribution in [0.5, 0.6) is 11.5 Å². The number of amides is 1. The van der Waals surface area contributed by atoms with E-state index >= 15 is 0 Å². The molecule has 7 heteroatoms. The molecule has 0 fully saturated rings. The van der Waals surface area contributed by atoms with E-state index in [9.17, 15) is 9.59 Å². The Balaban J connectivity index is 1.85. The second-order valence-corrected chi connectivity index (χ2v) is 8.46. The van der Waals surface area contributed by atoms with E-state index in [1.165, 1.54) is 0 Å². The Morgan fingerprint density at radius 3 is 2.48 bits per heavy atom. The van der Waals surface area contributed by atoms with Crippen LogP contribution in [0.1, 0.15) is 53.6 Å². The van der Waals surface area contributed by atoms with Crippen molar-refractivity contribution in [3.8, 4) is 11.5 Å². The van der Waals surface area contributed by atoms with Crippen LogP contribution < -0.4 is 14.9 Å². The van der Waals surface area contributed by atoms with E-state index < -0.39 is 6.04 Å². The van der Waals surface area contributed by atoms with Gasteiger partial charge in [-0.05, 0) is 57.0 Å². The number of benzene rings is 2. The fourth-order valence-corrected chi connectivity index (χ4v) is 4.29. The molecule has 4 rings (SSSR count). The van der Waals surface area contributed by atoms with Gasteiger partial charge in [-0.2, -0.15) is 0 Å². The number of rotatable bonds is 8. The minimum Gasteiger partial charge on any atom is -0.493 e. The van der Waals surface area contributed by atoms with Gasteiger partial charge in [-0.1, -0.05) is 17.7 Å². The Hall–Kier alpha value is -3.32. The number of carbonyl (C=O) groups excluding carboxylic acids is 1. The number of aryl methyl sites for hydroxylation is 1. The average Bonchev–Trinajstić information content (AvgIpc) is 3.08. The molecular formula is C26H29NO6. The van der Waals surface area contributed by atoms with Crippen molar-refractivity contribution >= 4 is 16.9 Å². The maximum absolute atomic E-state index is 13.6. The Morgan fingerprint density at radius 1 is 1.03 bits per heavy atom. The van der Waals surface area contributed by atoms with Crippen LogP contribution in [0.15, 0.2) is 45.6 Å². The van der Waals surface area contributed by atoms with Crippen LogP contribution in [0.2, 0.25) is 0 Å². The zero-order valence-electron chi connectivity index (χ0n) is 19.6. The fraction of sp³-hybridized carbons (Fsp3) is 0.385. The number of nitrogens with zero attached hydrogens (tertiary/aromatic N) is 1. The first-order valence-corrected chi connectivity index (χ1v) is 11.1. The molecule has 2 aromatic carbocycles. The summed E-state index contributed by atoms with van der Waals surface area (Å²) in [5.74, 6) is 0.902. The van der Waals surface area contributed by atoms with Gasteiger partial charge in [-0.15, -0.1) is 0 Å². The van der Waals surface area contributed by atoms with Gasteiger partial charge in [0.2, 0.25) is 5.76 Å². The minimum atomic E-state index is -0.590. The van der Waals surface area contributed by atoms with Crippen molar-refractivity contribution in [3.05, 3.63) is 69.1 Å². The standard InChI is InChI=1S/C26H29NO6/c1-15(2)32-12-6-11-27-23(17-8-10-20(30-4)21(14-17)31-5)22-24(28)18-13-16(3)7-9-19(18)33-25(22)26(27)29/h7-10,13-15,23H,6,11-12H2,1-5H3/t23-/m1/s1. The van der Waals surface area contributed by atoms with Gasteiger partial charge in [0.1, 0.15) is 5.58 Å². The molecule has 0 saturated carbocycles. The van der Waals surface area contributed by atoms with Crippen molar-refractivity contribution in [3.63, 3.8) is 0 Å². The van der Waals surface area contributed by atoms with Gasteiger partial charge in [0.15, 0.2) is 16.9 Å². The number of hydrogen-bond donors (Lipinski definition) is 0. The largest absolute Gasteiger partial charge is 0.493 e. The summed E-state index contributed by atoms with van der Waals surface area (Å²) < 4.78 is 22.5. The maximum atomic E-state index is 13.6. The Labute approximate surface area is 192 Å². The molecule has 1 atom stereocenters.